The van der Waals surface area contributed by atoms with E-state index >= 15 is 0 Å². The number of benzene rings is 2. The highest BCUT2D eigenvalue weighted by atomic mass is 16.2. The van der Waals surface area contributed by atoms with Crippen molar-refractivity contribution in [1.29, 1.82) is 0 Å². The van der Waals surface area contributed by atoms with Gasteiger partial charge in [0.25, 0.3) is 0 Å². The number of carbonyl (C=O) groups is 4. The summed E-state index contributed by atoms with van der Waals surface area (Å²) >= 11 is 0. The number of nitrogens with one attached hydrogen (secondary N) is 2. The Morgan fingerprint density at radius 2 is 1.67 bits per heavy atom. The fourth-order valence-electron chi connectivity index (χ4n) is 5.44. The average molecular weight is 585 g/mol. The normalized spacial score (nSPS) is 20.1. The molecule has 4 amide bonds. The molecule has 1 fully saturated rings. The van der Waals surface area contributed by atoms with Crippen molar-refractivity contribution in [3.05, 3.63) is 72.1 Å². The number of hydrogen-bond acceptors (Lipinski definition) is 8. The molecule has 0 unspecified atom stereocenters. The maximum atomic E-state index is 14.1. The Morgan fingerprint density at radius 3 is 2.44 bits per heavy atom. The molecule has 4 aromatic rings. The summed E-state index contributed by atoms with van der Waals surface area (Å²) in [6.45, 7) is 0.796. The summed E-state index contributed by atoms with van der Waals surface area (Å²) in [5, 5.41) is 22.7. The van der Waals surface area contributed by atoms with Gasteiger partial charge in [-0.25, -0.2) is 0 Å². The van der Waals surface area contributed by atoms with Crippen LogP contribution in [0.1, 0.15) is 24.1 Å². The van der Waals surface area contributed by atoms with Crippen LogP contribution in [0.3, 0.4) is 0 Å². The maximum absolute atomic E-state index is 14.1. The van der Waals surface area contributed by atoms with Crippen LogP contribution in [0.5, 0.6) is 0 Å². The zero-order valence-electron chi connectivity index (χ0n) is 23.5. The highest BCUT2D eigenvalue weighted by molar-refractivity contribution is 5.93. The fraction of sp³-hybridized carbons (Fsp3) is 0.379. The lowest BCUT2D eigenvalue weighted by atomic mass is 10.0. The van der Waals surface area contributed by atoms with Gasteiger partial charge >= 0.3 is 0 Å². The predicted octanol–water partition coefficient (Wildman–Crippen LogP) is -0.100. The molecule has 0 radical (unpaired) electrons. The molecule has 2 atom stereocenters. The topological polar surface area (TPSA) is 160 Å². The van der Waals surface area contributed by atoms with E-state index in [0.29, 0.717) is 29.7 Å². The van der Waals surface area contributed by atoms with E-state index in [4.69, 9.17) is 0 Å². The minimum absolute atomic E-state index is 0.0180. The first-order valence-corrected chi connectivity index (χ1v) is 14.3. The van der Waals surface area contributed by atoms with E-state index in [1.807, 2.05) is 54.6 Å². The summed E-state index contributed by atoms with van der Waals surface area (Å²) in [7, 11) is 0. The summed E-state index contributed by atoms with van der Waals surface area (Å²) in [5.41, 5.74) is 2.78. The molecule has 0 aliphatic carbocycles. The number of piperazine rings is 1. The second-order valence-electron chi connectivity index (χ2n) is 10.7. The van der Waals surface area contributed by atoms with Crippen molar-refractivity contribution in [2.45, 2.75) is 51.0 Å². The molecule has 2 aliphatic heterocycles. The van der Waals surface area contributed by atoms with Crippen LogP contribution < -0.4 is 10.6 Å². The van der Waals surface area contributed by atoms with Crippen molar-refractivity contribution in [2.75, 3.05) is 19.6 Å². The van der Waals surface area contributed by atoms with Crippen molar-refractivity contribution in [3.63, 3.8) is 0 Å². The Morgan fingerprint density at radius 1 is 0.930 bits per heavy atom. The van der Waals surface area contributed by atoms with Gasteiger partial charge in [0, 0.05) is 32.5 Å². The summed E-state index contributed by atoms with van der Waals surface area (Å²) in [6.07, 6.45) is 2.70. The van der Waals surface area contributed by atoms with E-state index in [0.717, 1.165) is 5.56 Å². The molecule has 6 rings (SSSR count). The van der Waals surface area contributed by atoms with Crippen molar-refractivity contribution in [3.8, 4) is 0 Å². The van der Waals surface area contributed by atoms with Crippen LogP contribution in [-0.2, 0) is 45.2 Å². The standard InChI is InChI=1S/C29H32N10O4/c40-26-11-6-12-37-17-21(32-35-37)16-30-28(42)25-18-36(27(41)19-39-33-22-9-4-5-10-23(22)34-39)13-14-38(25)29(43)24(31-26)15-20-7-2-1-3-8-20/h1-5,7-10,17,24-25H,6,11-16,18-19H2,(H,30,42)(H,31,40)/t24-,25+/m0/s1. The van der Waals surface area contributed by atoms with Crippen LogP contribution in [0.4, 0.5) is 0 Å². The smallest absolute Gasteiger partial charge is 0.246 e. The number of fused-ring (bicyclic) bond motifs is 4. The lowest BCUT2D eigenvalue weighted by Gasteiger charge is -2.41. The van der Waals surface area contributed by atoms with E-state index < -0.39 is 18.0 Å². The van der Waals surface area contributed by atoms with Crippen molar-refractivity contribution < 1.29 is 19.2 Å². The van der Waals surface area contributed by atoms with E-state index in [2.05, 4.69) is 31.1 Å². The maximum Gasteiger partial charge on any atom is 0.246 e. The molecule has 14 nitrogen and oxygen atoms in total. The molecule has 1 saturated heterocycles. The van der Waals surface area contributed by atoms with E-state index in [-0.39, 0.29) is 63.3 Å². The van der Waals surface area contributed by atoms with Gasteiger partial charge in [-0.3, -0.25) is 23.9 Å². The zero-order chi connectivity index (χ0) is 29.8. The highest BCUT2D eigenvalue weighted by Crippen LogP contribution is 2.17. The van der Waals surface area contributed by atoms with Crippen LogP contribution in [0.15, 0.2) is 60.8 Å². The van der Waals surface area contributed by atoms with Gasteiger partial charge < -0.3 is 20.4 Å². The SMILES string of the molecule is O=C1CCCn2cc(nn2)CNC(=O)[C@H]2CN(C(=O)Cn3nc4ccccc4n3)CCN2C(=O)[C@H](Cc2ccccc2)N1. The number of carbonyl (C=O) groups excluding carboxylic acids is 4. The highest BCUT2D eigenvalue weighted by Gasteiger charge is 2.40. The predicted molar refractivity (Wildman–Crippen MR) is 153 cm³/mol. The Hall–Kier alpha value is -5.14. The summed E-state index contributed by atoms with van der Waals surface area (Å²) in [4.78, 5) is 58.3. The molecule has 0 saturated carbocycles. The zero-order valence-corrected chi connectivity index (χ0v) is 23.5. The van der Waals surface area contributed by atoms with Gasteiger partial charge in [-0.1, -0.05) is 47.7 Å². The van der Waals surface area contributed by atoms with Gasteiger partial charge in [0.2, 0.25) is 23.6 Å². The van der Waals surface area contributed by atoms with Crippen LogP contribution in [0.2, 0.25) is 0 Å². The molecule has 2 bridgehead atoms. The van der Waals surface area contributed by atoms with Crippen molar-refractivity contribution in [1.82, 2.24) is 50.4 Å². The minimum Gasteiger partial charge on any atom is -0.348 e. The van der Waals surface area contributed by atoms with Gasteiger partial charge in [-0.15, -0.1) is 5.10 Å². The Balaban J connectivity index is 1.25. The summed E-state index contributed by atoms with van der Waals surface area (Å²) in [5.74, 6) is -1.34. The monoisotopic (exact) mass is 584 g/mol. The lowest BCUT2D eigenvalue weighted by molar-refractivity contribution is -0.150. The van der Waals surface area contributed by atoms with E-state index in [1.54, 1.807) is 15.8 Å². The molecule has 222 valence electrons. The Labute approximate surface area is 247 Å². The van der Waals surface area contributed by atoms with Gasteiger partial charge in [0.15, 0.2) is 0 Å². The first-order chi connectivity index (χ1) is 20.9. The largest absolute Gasteiger partial charge is 0.348 e. The molecule has 14 heteroatoms. The lowest BCUT2D eigenvalue weighted by Crippen LogP contribution is -2.64. The summed E-state index contributed by atoms with van der Waals surface area (Å²) in [6, 6.07) is 14.9. The second-order valence-corrected chi connectivity index (χ2v) is 10.7. The number of hydrogen-bond donors (Lipinski definition) is 2. The number of aromatic nitrogens is 6. The number of nitrogens with zero attached hydrogens (tertiary/aromatic N) is 8. The van der Waals surface area contributed by atoms with Crippen LogP contribution in [-0.4, -0.2) is 95.1 Å². The molecular formula is C29H32N10O4. The molecule has 2 aromatic heterocycles. The number of aryl methyl sites for hydroxylation is 1. The number of amides is 4. The van der Waals surface area contributed by atoms with Crippen LogP contribution >= 0.6 is 0 Å². The first-order valence-electron chi connectivity index (χ1n) is 14.3. The minimum atomic E-state index is -0.981. The molecule has 2 aromatic carbocycles. The fourth-order valence-corrected chi connectivity index (χ4v) is 5.44. The van der Waals surface area contributed by atoms with Crippen LogP contribution in [0.25, 0.3) is 11.0 Å². The van der Waals surface area contributed by atoms with Gasteiger partial charge in [0.05, 0.1) is 19.3 Å². The number of rotatable bonds is 4. The van der Waals surface area contributed by atoms with E-state index in [1.165, 1.54) is 9.70 Å². The van der Waals surface area contributed by atoms with Gasteiger partial charge in [-0.2, -0.15) is 15.0 Å². The van der Waals surface area contributed by atoms with Gasteiger partial charge in [-0.05, 0) is 24.1 Å². The van der Waals surface area contributed by atoms with Crippen LogP contribution in [0, 0.1) is 0 Å². The molecule has 2 N–H and O–H groups in total. The average Bonchev–Trinajstić information content (AvgIpc) is 3.65. The van der Waals surface area contributed by atoms with E-state index in [9.17, 15) is 19.2 Å². The second kappa shape index (κ2) is 12.4. The first kappa shape index (κ1) is 28.0. The van der Waals surface area contributed by atoms with Gasteiger partial charge in [0.1, 0.15) is 35.4 Å². The third-order valence-electron chi connectivity index (χ3n) is 7.66. The third kappa shape index (κ3) is 6.52. The quantitative estimate of drug-likeness (QED) is 0.336. The molecule has 4 heterocycles. The molecule has 0 spiro atoms. The molecule has 2 aliphatic rings. The Bertz CT molecular complexity index is 1600. The molecule has 43 heavy (non-hydrogen) atoms. The van der Waals surface area contributed by atoms with Crippen molar-refractivity contribution in [2.24, 2.45) is 0 Å². The summed E-state index contributed by atoms with van der Waals surface area (Å²) < 4.78 is 1.63. The third-order valence-corrected chi connectivity index (χ3v) is 7.66. The van der Waals surface area contributed by atoms with Crippen molar-refractivity contribution >= 4 is 34.7 Å². The Kier molecular flexibility index (Phi) is 8.07. The molecular weight excluding hydrogens is 552 g/mol.